The molecule has 0 unspecified atom stereocenters. The lowest BCUT2D eigenvalue weighted by atomic mass is 10.1. The normalized spacial score (nSPS) is 10.7. The second-order valence-electron chi connectivity index (χ2n) is 5.12. The van der Waals surface area contributed by atoms with E-state index in [1.165, 1.54) is 25.3 Å². The van der Waals surface area contributed by atoms with Gasteiger partial charge in [0.25, 0.3) is 0 Å². The van der Waals surface area contributed by atoms with Crippen LogP contribution in [0.2, 0.25) is 0 Å². The van der Waals surface area contributed by atoms with Crippen molar-refractivity contribution < 1.29 is 34.6 Å². The molecule has 0 spiro atoms. The number of esters is 1. The van der Waals surface area contributed by atoms with Crippen LogP contribution in [0.3, 0.4) is 0 Å². The van der Waals surface area contributed by atoms with Crippen LogP contribution < -0.4 is 4.74 Å². The van der Waals surface area contributed by atoms with Gasteiger partial charge in [-0.05, 0) is 35.7 Å². The van der Waals surface area contributed by atoms with Crippen LogP contribution in [0.4, 0.5) is 0 Å². The van der Waals surface area contributed by atoms with Crippen LogP contribution in [0, 0.1) is 0 Å². The third-order valence-electron chi connectivity index (χ3n) is 3.37. The van der Waals surface area contributed by atoms with Crippen molar-refractivity contribution >= 4 is 5.97 Å². The summed E-state index contributed by atoms with van der Waals surface area (Å²) < 4.78 is 10.2. The van der Waals surface area contributed by atoms with E-state index in [0.29, 0.717) is 6.42 Å². The number of hydrogen-bond acceptors (Lipinski definition) is 8. The van der Waals surface area contributed by atoms with Crippen molar-refractivity contribution in [3.63, 3.8) is 0 Å². The molecule has 0 atom stereocenters. The Morgan fingerprint density at radius 3 is 2.60 bits per heavy atom. The summed E-state index contributed by atoms with van der Waals surface area (Å²) in [5, 5.41) is 26.2. The molecule has 2 rings (SSSR count). The first-order chi connectivity index (χ1) is 12.0. The predicted molar refractivity (Wildman–Crippen MR) is 85.3 cm³/mol. The Hall–Kier alpha value is -2.65. The summed E-state index contributed by atoms with van der Waals surface area (Å²) in [6.07, 6.45) is 0.453. The molecule has 0 aliphatic heterocycles. The third kappa shape index (κ3) is 5.73. The van der Waals surface area contributed by atoms with E-state index < -0.39 is 5.97 Å². The summed E-state index contributed by atoms with van der Waals surface area (Å²) in [5.41, 5.74) is 1.94. The molecule has 0 saturated heterocycles. The quantitative estimate of drug-likeness (QED) is 0.492. The molecule has 0 aromatic heterocycles. The first kappa shape index (κ1) is 18.7. The maximum absolute atomic E-state index is 12.1. The zero-order chi connectivity index (χ0) is 18.2. The number of benzene rings is 2. The smallest absolute Gasteiger partial charge is 0.338 e. The fourth-order valence-corrected chi connectivity index (χ4v) is 2.16. The SMILES string of the molecule is COc1cc(C(=O)OCc2cccc(CCON(O)O)c2)ccc1O. The van der Waals surface area contributed by atoms with Crippen LogP contribution in [0.15, 0.2) is 42.5 Å². The molecule has 2 aromatic rings. The van der Waals surface area contributed by atoms with Crippen molar-refractivity contribution in [2.75, 3.05) is 13.7 Å². The van der Waals surface area contributed by atoms with Gasteiger partial charge in [-0.1, -0.05) is 24.3 Å². The van der Waals surface area contributed by atoms with Gasteiger partial charge in [0.05, 0.1) is 24.7 Å². The molecule has 0 amide bonds. The molecule has 134 valence electrons. The van der Waals surface area contributed by atoms with E-state index >= 15 is 0 Å². The van der Waals surface area contributed by atoms with Gasteiger partial charge in [-0.15, -0.1) is 0 Å². The zero-order valence-electron chi connectivity index (χ0n) is 13.6. The first-order valence-corrected chi connectivity index (χ1v) is 7.42. The second-order valence-corrected chi connectivity index (χ2v) is 5.12. The average molecular weight is 349 g/mol. The van der Waals surface area contributed by atoms with E-state index in [1.807, 2.05) is 12.1 Å². The number of methoxy groups -OCH3 is 1. The molecule has 25 heavy (non-hydrogen) atoms. The fraction of sp³-hybridized carbons (Fsp3) is 0.235. The van der Waals surface area contributed by atoms with Gasteiger partial charge in [0.15, 0.2) is 11.5 Å². The standard InChI is InChI=1S/C17H19NO7/c1-23-16-10-14(5-6-15(16)19)17(20)24-11-13-4-2-3-12(9-13)7-8-25-18(21)22/h2-6,9-10,19,21-22H,7-8,11H2,1H3. The van der Waals surface area contributed by atoms with Gasteiger partial charge in [-0.3, -0.25) is 15.3 Å². The monoisotopic (exact) mass is 349 g/mol. The molecular weight excluding hydrogens is 330 g/mol. The maximum Gasteiger partial charge on any atom is 0.338 e. The average Bonchev–Trinajstić information content (AvgIpc) is 2.60. The number of rotatable bonds is 8. The Morgan fingerprint density at radius 2 is 1.88 bits per heavy atom. The van der Waals surface area contributed by atoms with Gasteiger partial charge < -0.3 is 14.6 Å². The third-order valence-corrected chi connectivity index (χ3v) is 3.37. The number of ether oxygens (including phenoxy) is 2. The lowest BCUT2D eigenvalue weighted by Crippen LogP contribution is -2.16. The van der Waals surface area contributed by atoms with E-state index in [0.717, 1.165) is 11.1 Å². The summed E-state index contributed by atoms with van der Waals surface area (Å²) in [5.74, 6) is -0.403. The van der Waals surface area contributed by atoms with Gasteiger partial charge in [-0.25, -0.2) is 4.79 Å². The predicted octanol–water partition coefficient (Wildman–Crippen LogP) is 2.31. The number of hydrogen-bond donors (Lipinski definition) is 3. The minimum Gasteiger partial charge on any atom is -0.504 e. The topological polar surface area (TPSA) is 109 Å². The molecule has 0 aliphatic rings. The Morgan fingerprint density at radius 1 is 1.12 bits per heavy atom. The Balaban J connectivity index is 1.93. The van der Waals surface area contributed by atoms with Crippen LogP contribution in [-0.2, 0) is 22.6 Å². The number of phenols is 1. The molecule has 3 N–H and O–H groups in total. The second kappa shape index (κ2) is 9.00. The number of carbonyl (C=O) groups is 1. The van der Waals surface area contributed by atoms with Crippen LogP contribution in [0.1, 0.15) is 21.5 Å². The summed E-state index contributed by atoms with van der Waals surface area (Å²) in [6.45, 7) is 0.159. The highest BCUT2D eigenvalue weighted by Gasteiger charge is 2.11. The van der Waals surface area contributed by atoms with Crippen molar-refractivity contribution in [2.45, 2.75) is 13.0 Å². The van der Waals surface area contributed by atoms with Crippen molar-refractivity contribution in [1.29, 1.82) is 0 Å². The van der Waals surface area contributed by atoms with Crippen LogP contribution in [0.5, 0.6) is 11.5 Å². The molecule has 0 radical (unpaired) electrons. The van der Waals surface area contributed by atoms with E-state index in [1.54, 1.807) is 12.1 Å². The van der Waals surface area contributed by atoms with Gasteiger partial charge in [-0.2, -0.15) is 0 Å². The van der Waals surface area contributed by atoms with E-state index in [4.69, 9.17) is 19.9 Å². The van der Waals surface area contributed by atoms with Crippen LogP contribution in [-0.4, -0.2) is 40.6 Å². The van der Waals surface area contributed by atoms with E-state index in [2.05, 4.69) is 4.84 Å². The summed E-state index contributed by atoms with van der Waals surface area (Å²) in [4.78, 5) is 16.6. The minimum atomic E-state index is -0.539. The molecule has 2 aromatic carbocycles. The number of carbonyl (C=O) groups excluding carboxylic acids is 1. The lowest BCUT2D eigenvalue weighted by molar-refractivity contribution is -0.492. The first-order valence-electron chi connectivity index (χ1n) is 7.42. The van der Waals surface area contributed by atoms with Gasteiger partial charge in [0.1, 0.15) is 6.61 Å². The highest BCUT2D eigenvalue weighted by Crippen LogP contribution is 2.26. The zero-order valence-corrected chi connectivity index (χ0v) is 13.6. The maximum atomic E-state index is 12.1. The van der Waals surface area contributed by atoms with Crippen LogP contribution >= 0.6 is 0 Å². The molecule has 8 heteroatoms. The lowest BCUT2D eigenvalue weighted by Gasteiger charge is -2.09. The number of aromatic hydroxyl groups is 1. The largest absolute Gasteiger partial charge is 0.504 e. The fourth-order valence-electron chi connectivity index (χ4n) is 2.16. The van der Waals surface area contributed by atoms with Crippen LogP contribution in [0.25, 0.3) is 0 Å². The highest BCUT2D eigenvalue weighted by molar-refractivity contribution is 5.90. The molecule has 0 heterocycles. The molecular formula is C17H19NO7. The van der Waals surface area contributed by atoms with Crippen molar-refractivity contribution in [1.82, 2.24) is 5.39 Å². The Labute approximate surface area is 144 Å². The minimum absolute atomic E-state index is 0.0571. The molecule has 0 fully saturated rings. The summed E-state index contributed by atoms with van der Waals surface area (Å²) in [6, 6.07) is 11.5. The summed E-state index contributed by atoms with van der Waals surface area (Å²) >= 11 is 0. The number of phenolic OH excluding ortho intramolecular Hbond substituents is 1. The van der Waals surface area contributed by atoms with Gasteiger partial charge >= 0.3 is 5.97 Å². The van der Waals surface area contributed by atoms with Gasteiger partial charge in [0, 0.05) is 0 Å². The van der Waals surface area contributed by atoms with Crippen molar-refractivity contribution in [2.24, 2.45) is 0 Å². The molecule has 0 aliphatic carbocycles. The van der Waals surface area contributed by atoms with Crippen molar-refractivity contribution in [3.8, 4) is 11.5 Å². The molecule has 0 saturated carbocycles. The number of nitrogens with zero attached hydrogens (tertiary/aromatic N) is 1. The Kier molecular flexibility index (Phi) is 6.72. The highest BCUT2D eigenvalue weighted by atomic mass is 17.1. The van der Waals surface area contributed by atoms with E-state index in [-0.39, 0.29) is 35.7 Å². The van der Waals surface area contributed by atoms with E-state index in [9.17, 15) is 9.90 Å². The molecule has 8 nitrogen and oxygen atoms in total. The van der Waals surface area contributed by atoms with Crippen molar-refractivity contribution in [3.05, 3.63) is 59.2 Å². The summed E-state index contributed by atoms with van der Waals surface area (Å²) in [7, 11) is 1.40. The molecule has 0 bridgehead atoms. The van der Waals surface area contributed by atoms with Gasteiger partial charge in [0.2, 0.25) is 0 Å². The Bertz CT molecular complexity index is 718.